The molecule has 2 aromatic carbocycles. The van der Waals surface area contributed by atoms with Crippen molar-refractivity contribution in [1.82, 2.24) is 9.97 Å². The molecule has 4 nitrogen and oxygen atoms in total. The number of alkyl halides is 3. The lowest BCUT2D eigenvalue weighted by Gasteiger charge is -2.11. The molecule has 0 radical (unpaired) electrons. The molecule has 3 rings (SSSR count). The van der Waals surface area contributed by atoms with Gasteiger partial charge < -0.3 is 4.98 Å². The molecule has 0 aliphatic carbocycles. The van der Waals surface area contributed by atoms with E-state index < -0.39 is 23.1 Å². The number of aromatic amines is 1. The lowest BCUT2D eigenvalue weighted by Crippen LogP contribution is -2.14. The highest BCUT2D eigenvalue weighted by molar-refractivity contribution is 7.98. The number of nitrogens with one attached hydrogen (secondary N) is 1. The summed E-state index contributed by atoms with van der Waals surface area (Å²) in [5.74, 6) is -1.34. The number of thioether (sulfide) groups is 1. The molecule has 1 heterocycles. The standard InChI is InChI=1S/C19H11F4N3OS/c1-28-18-25-16(13(9-24)17(27)26-18)11-4-2-10(3-5-11)12-6-7-15(20)14(8-12)19(21,22)23/h2-8H,1H3,(H,25,26,27). The normalized spacial score (nSPS) is 11.3. The first-order chi connectivity index (χ1) is 13.2. The minimum Gasteiger partial charge on any atom is -0.300 e. The van der Waals surface area contributed by atoms with Gasteiger partial charge in [0.2, 0.25) is 0 Å². The van der Waals surface area contributed by atoms with E-state index in [4.69, 9.17) is 0 Å². The topological polar surface area (TPSA) is 69.5 Å². The van der Waals surface area contributed by atoms with E-state index in [0.29, 0.717) is 16.3 Å². The highest BCUT2D eigenvalue weighted by Gasteiger charge is 2.34. The van der Waals surface area contributed by atoms with Crippen LogP contribution in [0.2, 0.25) is 0 Å². The average molecular weight is 405 g/mol. The number of benzene rings is 2. The lowest BCUT2D eigenvalue weighted by molar-refractivity contribution is -0.139. The Morgan fingerprint density at radius 3 is 2.25 bits per heavy atom. The Bertz CT molecular complexity index is 1130. The van der Waals surface area contributed by atoms with Gasteiger partial charge in [-0.3, -0.25) is 4.79 Å². The SMILES string of the molecule is CSc1nc(-c2ccc(-c3ccc(F)c(C(F)(F)F)c3)cc2)c(C#N)c(=O)[nH]1. The Morgan fingerprint density at radius 1 is 1.07 bits per heavy atom. The van der Waals surface area contributed by atoms with Gasteiger partial charge in [-0.15, -0.1) is 0 Å². The summed E-state index contributed by atoms with van der Waals surface area (Å²) in [5, 5.41) is 9.56. The van der Waals surface area contributed by atoms with Gasteiger partial charge in [0.1, 0.15) is 17.4 Å². The van der Waals surface area contributed by atoms with Crippen molar-refractivity contribution >= 4 is 11.8 Å². The van der Waals surface area contributed by atoms with Crippen LogP contribution in [0.25, 0.3) is 22.4 Å². The second-order valence-corrected chi connectivity index (χ2v) is 6.48. The maximum Gasteiger partial charge on any atom is 0.419 e. The van der Waals surface area contributed by atoms with Crippen LogP contribution in [-0.2, 0) is 6.18 Å². The molecule has 0 spiro atoms. The molecular weight excluding hydrogens is 394 g/mol. The summed E-state index contributed by atoms with van der Waals surface area (Å²) in [7, 11) is 0. The summed E-state index contributed by atoms with van der Waals surface area (Å²) in [6, 6.07) is 10.7. The quantitative estimate of drug-likeness (QED) is 0.384. The molecule has 0 amide bonds. The number of hydrogen-bond donors (Lipinski definition) is 1. The molecule has 3 aromatic rings. The highest BCUT2D eigenvalue weighted by atomic mass is 32.2. The monoisotopic (exact) mass is 405 g/mol. The number of aromatic nitrogens is 2. The molecule has 0 aliphatic heterocycles. The first kappa shape index (κ1) is 19.6. The number of H-pyrrole nitrogens is 1. The number of nitriles is 1. The van der Waals surface area contributed by atoms with E-state index >= 15 is 0 Å². The predicted octanol–water partition coefficient (Wildman–Crippen LogP) is 4.86. The van der Waals surface area contributed by atoms with Gasteiger partial charge in [-0.25, -0.2) is 9.37 Å². The zero-order valence-corrected chi connectivity index (χ0v) is 15.1. The Hall–Kier alpha value is -3.12. The molecular formula is C19H11F4N3OS. The first-order valence-electron chi connectivity index (χ1n) is 7.80. The third kappa shape index (κ3) is 3.77. The van der Waals surface area contributed by atoms with Crippen molar-refractivity contribution < 1.29 is 17.6 Å². The van der Waals surface area contributed by atoms with Crippen molar-refractivity contribution in [2.75, 3.05) is 6.26 Å². The molecule has 1 N–H and O–H groups in total. The summed E-state index contributed by atoms with van der Waals surface area (Å²) < 4.78 is 52.2. The van der Waals surface area contributed by atoms with Crippen molar-refractivity contribution in [3.05, 3.63) is 69.8 Å². The van der Waals surface area contributed by atoms with Crippen LogP contribution in [-0.4, -0.2) is 16.2 Å². The van der Waals surface area contributed by atoms with Crippen molar-refractivity contribution in [2.24, 2.45) is 0 Å². The second-order valence-electron chi connectivity index (χ2n) is 5.68. The number of nitrogens with zero attached hydrogens (tertiary/aromatic N) is 2. The first-order valence-corrected chi connectivity index (χ1v) is 9.03. The van der Waals surface area contributed by atoms with Gasteiger partial charge in [0.25, 0.3) is 5.56 Å². The summed E-state index contributed by atoms with van der Waals surface area (Å²) in [4.78, 5) is 18.7. The minimum absolute atomic E-state index is 0.160. The van der Waals surface area contributed by atoms with Crippen LogP contribution in [0.5, 0.6) is 0 Å². The van der Waals surface area contributed by atoms with Gasteiger partial charge in [0, 0.05) is 5.56 Å². The Labute approximate surface area is 160 Å². The van der Waals surface area contributed by atoms with Gasteiger partial charge >= 0.3 is 6.18 Å². The number of halogens is 4. The van der Waals surface area contributed by atoms with Crippen molar-refractivity contribution in [2.45, 2.75) is 11.3 Å². The fraction of sp³-hybridized carbons (Fsp3) is 0.105. The van der Waals surface area contributed by atoms with Crippen LogP contribution in [0, 0.1) is 17.1 Å². The Balaban J connectivity index is 2.06. The average Bonchev–Trinajstić information content (AvgIpc) is 2.67. The maximum atomic E-state index is 13.5. The van der Waals surface area contributed by atoms with Gasteiger partial charge in [-0.05, 0) is 29.5 Å². The van der Waals surface area contributed by atoms with E-state index in [-0.39, 0.29) is 16.8 Å². The van der Waals surface area contributed by atoms with Gasteiger partial charge in [-0.2, -0.15) is 18.4 Å². The van der Waals surface area contributed by atoms with E-state index in [1.54, 1.807) is 18.4 Å². The van der Waals surface area contributed by atoms with Gasteiger partial charge in [-0.1, -0.05) is 42.1 Å². The molecule has 0 saturated carbocycles. The van der Waals surface area contributed by atoms with Gasteiger partial charge in [0.05, 0.1) is 11.3 Å². The van der Waals surface area contributed by atoms with Crippen LogP contribution in [0.4, 0.5) is 17.6 Å². The molecule has 0 unspecified atom stereocenters. The molecule has 0 saturated heterocycles. The van der Waals surface area contributed by atoms with Gasteiger partial charge in [0.15, 0.2) is 5.16 Å². The minimum atomic E-state index is -4.80. The molecule has 142 valence electrons. The molecule has 0 aliphatic rings. The van der Waals surface area contributed by atoms with Crippen molar-refractivity contribution in [1.29, 1.82) is 5.26 Å². The third-order valence-electron chi connectivity index (χ3n) is 3.97. The van der Waals surface area contributed by atoms with Crippen LogP contribution in [0.1, 0.15) is 11.1 Å². The summed E-state index contributed by atoms with van der Waals surface area (Å²) in [6.07, 6.45) is -3.09. The zero-order valence-electron chi connectivity index (χ0n) is 14.3. The van der Waals surface area contributed by atoms with Crippen LogP contribution >= 0.6 is 11.8 Å². The second kappa shape index (κ2) is 7.48. The third-order valence-corrected chi connectivity index (χ3v) is 4.55. The predicted molar refractivity (Wildman–Crippen MR) is 97.2 cm³/mol. The lowest BCUT2D eigenvalue weighted by atomic mass is 9.99. The zero-order chi connectivity index (χ0) is 20.5. The van der Waals surface area contributed by atoms with E-state index in [1.165, 1.54) is 30.0 Å². The van der Waals surface area contributed by atoms with E-state index in [9.17, 15) is 27.6 Å². The summed E-state index contributed by atoms with van der Waals surface area (Å²) >= 11 is 1.20. The fourth-order valence-corrected chi connectivity index (χ4v) is 2.98. The van der Waals surface area contributed by atoms with E-state index in [1.807, 2.05) is 6.07 Å². The van der Waals surface area contributed by atoms with Crippen molar-refractivity contribution in [3.8, 4) is 28.5 Å². The number of rotatable bonds is 3. The molecule has 0 fully saturated rings. The van der Waals surface area contributed by atoms with Crippen LogP contribution in [0.3, 0.4) is 0 Å². The molecule has 0 bridgehead atoms. The Kier molecular flexibility index (Phi) is 5.25. The molecule has 9 heteroatoms. The van der Waals surface area contributed by atoms with Crippen LogP contribution in [0.15, 0.2) is 52.4 Å². The smallest absolute Gasteiger partial charge is 0.300 e. The number of hydrogen-bond acceptors (Lipinski definition) is 4. The van der Waals surface area contributed by atoms with E-state index in [2.05, 4.69) is 9.97 Å². The Morgan fingerprint density at radius 2 is 1.68 bits per heavy atom. The summed E-state index contributed by atoms with van der Waals surface area (Å²) in [6.45, 7) is 0. The summed E-state index contributed by atoms with van der Waals surface area (Å²) in [5.41, 5.74) is -0.841. The maximum absolute atomic E-state index is 13.5. The largest absolute Gasteiger partial charge is 0.419 e. The highest BCUT2D eigenvalue weighted by Crippen LogP contribution is 2.34. The van der Waals surface area contributed by atoms with Crippen LogP contribution < -0.4 is 5.56 Å². The molecule has 0 atom stereocenters. The molecule has 1 aromatic heterocycles. The molecule has 28 heavy (non-hydrogen) atoms. The van der Waals surface area contributed by atoms with E-state index in [0.717, 1.165) is 12.1 Å². The van der Waals surface area contributed by atoms with Crippen molar-refractivity contribution in [3.63, 3.8) is 0 Å². The fourth-order valence-electron chi connectivity index (χ4n) is 2.60.